The minimum Gasteiger partial charge on any atom is -0.399 e. The van der Waals surface area contributed by atoms with Gasteiger partial charge in [-0.05, 0) is 58.8 Å². The van der Waals surface area contributed by atoms with Crippen LogP contribution in [0.4, 0.5) is 5.69 Å². The molecule has 0 aliphatic heterocycles. The minimum atomic E-state index is -0.309. The first-order chi connectivity index (χ1) is 10.5. The van der Waals surface area contributed by atoms with Crippen LogP contribution in [0.1, 0.15) is 11.1 Å². The summed E-state index contributed by atoms with van der Waals surface area (Å²) in [6.45, 7) is 2.26. The van der Waals surface area contributed by atoms with E-state index in [-0.39, 0.29) is 5.69 Å². The number of aryl methyl sites for hydroxylation is 1. The summed E-state index contributed by atoms with van der Waals surface area (Å²) < 4.78 is 2.54. The largest absolute Gasteiger partial charge is 0.399 e. The minimum absolute atomic E-state index is 0.309. The van der Waals surface area contributed by atoms with Crippen LogP contribution in [0.5, 0.6) is 0 Å². The zero-order valence-corrected chi connectivity index (χ0v) is 12.7. The quantitative estimate of drug-likeness (QED) is 0.750. The van der Waals surface area contributed by atoms with Crippen LogP contribution in [0.3, 0.4) is 0 Å². The summed E-state index contributed by atoms with van der Waals surface area (Å²) in [6, 6.07) is 12.5. The molecule has 2 aromatic carbocycles. The van der Waals surface area contributed by atoms with E-state index >= 15 is 0 Å². The standard InChI is InChI=1S/C15H14ClN5O/c1-10-8-11(2-7-14(10)17)9-20-15(22)21(19-18-20)13-5-3-12(16)4-6-13/h2-8H,9,17H2,1H3. The second kappa shape index (κ2) is 5.65. The lowest BCUT2D eigenvalue weighted by Gasteiger charge is -2.04. The average Bonchev–Trinajstić information content (AvgIpc) is 2.85. The van der Waals surface area contributed by atoms with Crippen LogP contribution in [0.15, 0.2) is 47.3 Å². The Kier molecular flexibility index (Phi) is 3.68. The highest BCUT2D eigenvalue weighted by Crippen LogP contribution is 2.13. The maximum Gasteiger partial charge on any atom is 0.368 e. The number of hydrogen-bond acceptors (Lipinski definition) is 4. The number of nitrogens with two attached hydrogens (primary N) is 1. The van der Waals surface area contributed by atoms with E-state index in [2.05, 4.69) is 10.4 Å². The summed E-state index contributed by atoms with van der Waals surface area (Å²) in [5, 5.41) is 8.41. The second-order valence-electron chi connectivity index (χ2n) is 5.00. The van der Waals surface area contributed by atoms with Gasteiger partial charge in [0.15, 0.2) is 0 Å². The molecule has 0 saturated heterocycles. The molecule has 0 saturated carbocycles. The van der Waals surface area contributed by atoms with Gasteiger partial charge in [-0.2, -0.15) is 9.36 Å². The molecule has 1 heterocycles. The molecular weight excluding hydrogens is 302 g/mol. The number of rotatable bonds is 3. The van der Waals surface area contributed by atoms with Crippen LogP contribution in [0, 0.1) is 6.92 Å². The summed E-state index contributed by atoms with van der Waals surface area (Å²) in [5.41, 5.74) is 8.74. The molecule has 7 heteroatoms. The third-order valence-corrected chi connectivity index (χ3v) is 3.63. The van der Waals surface area contributed by atoms with Crippen molar-refractivity contribution in [1.29, 1.82) is 0 Å². The lowest BCUT2D eigenvalue weighted by atomic mass is 10.1. The van der Waals surface area contributed by atoms with Crippen LogP contribution in [-0.2, 0) is 6.54 Å². The molecule has 6 nitrogen and oxygen atoms in total. The van der Waals surface area contributed by atoms with E-state index < -0.39 is 0 Å². The van der Waals surface area contributed by atoms with Crippen LogP contribution in [0.25, 0.3) is 5.69 Å². The molecule has 0 bridgehead atoms. The predicted molar refractivity (Wildman–Crippen MR) is 85.3 cm³/mol. The van der Waals surface area contributed by atoms with Crippen molar-refractivity contribution in [1.82, 2.24) is 19.8 Å². The highest BCUT2D eigenvalue weighted by molar-refractivity contribution is 6.30. The summed E-state index contributed by atoms with van der Waals surface area (Å²) in [4.78, 5) is 12.4. The Labute approximate surface area is 131 Å². The first-order valence-corrected chi connectivity index (χ1v) is 7.06. The molecule has 0 unspecified atom stereocenters. The third kappa shape index (κ3) is 2.73. The van der Waals surface area contributed by atoms with Crippen LogP contribution >= 0.6 is 11.6 Å². The lowest BCUT2D eigenvalue weighted by Crippen LogP contribution is -2.24. The van der Waals surface area contributed by atoms with Gasteiger partial charge in [-0.15, -0.1) is 0 Å². The number of halogens is 1. The van der Waals surface area contributed by atoms with Gasteiger partial charge in [0.1, 0.15) is 0 Å². The molecule has 3 rings (SSSR count). The molecule has 0 aliphatic rings. The SMILES string of the molecule is Cc1cc(Cn2nnn(-c3ccc(Cl)cc3)c2=O)ccc1N. The molecule has 0 aliphatic carbocycles. The smallest absolute Gasteiger partial charge is 0.368 e. The summed E-state index contributed by atoms with van der Waals surface area (Å²) in [6.07, 6.45) is 0. The van der Waals surface area contributed by atoms with E-state index in [4.69, 9.17) is 17.3 Å². The molecule has 0 amide bonds. The van der Waals surface area contributed by atoms with Gasteiger partial charge in [-0.25, -0.2) is 4.79 Å². The molecule has 2 N–H and O–H groups in total. The molecule has 3 aromatic rings. The predicted octanol–water partition coefficient (Wildman–Crippen LogP) is 2.02. The van der Waals surface area contributed by atoms with Crippen LogP contribution in [-0.4, -0.2) is 19.8 Å². The second-order valence-corrected chi connectivity index (χ2v) is 5.43. The molecule has 0 radical (unpaired) electrons. The third-order valence-electron chi connectivity index (χ3n) is 3.38. The summed E-state index contributed by atoms with van der Waals surface area (Å²) >= 11 is 5.84. The average molecular weight is 316 g/mol. The van der Waals surface area contributed by atoms with Gasteiger partial charge in [0.2, 0.25) is 0 Å². The molecular formula is C15H14ClN5O. The van der Waals surface area contributed by atoms with E-state index in [0.29, 0.717) is 17.3 Å². The Morgan fingerprint density at radius 3 is 2.55 bits per heavy atom. The van der Waals surface area contributed by atoms with Crippen molar-refractivity contribution in [2.24, 2.45) is 0 Å². The zero-order chi connectivity index (χ0) is 15.7. The Hall–Kier alpha value is -2.60. The van der Waals surface area contributed by atoms with E-state index in [1.54, 1.807) is 24.3 Å². The van der Waals surface area contributed by atoms with E-state index in [1.165, 1.54) is 9.36 Å². The van der Waals surface area contributed by atoms with Gasteiger partial charge in [0, 0.05) is 10.7 Å². The van der Waals surface area contributed by atoms with Crippen molar-refractivity contribution in [2.75, 3.05) is 5.73 Å². The van der Waals surface area contributed by atoms with Gasteiger partial charge in [-0.1, -0.05) is 23.7 Å². The fourth-order valence-electron chi connectivity index (χ4n) is 2.13. The van der Waals surface area contributed by atoms with E-state index in [9.17, 15) is 4.79 Å². The number of benzene rings is 2. The van der Waals surface area contributed by atoms with Crippen molar-refractivity contribution in [2.45, 2.75) is 13.5 Å². The fourth-order valence-corrected chi connectivity index (χ4v) is 2.25. The lowest BCUT2D eigenvalue weighted by molar-refractivity contribution is 0.631. The highest BCUT2D eigenvalue weighted by atomic mass is 35.5. The Bertz CT molecular complexity index is 866. The first-order valence-electron chi connectivity index (χ1n) is 6.68. The zero-order valence-electron chi connectivity index (χ0n) is 11.9. The molecule has 0 fully saturated rings. The van der Waals surface area contributed by atoms with E-state index in [1.807, 2.05) is 25.1 Å². The number of nitrogen functional groups attached to an aromatic ring is 1. The van der Waals surface area contributed by atoms with Crippen LogP contribution in [0.2, 0.25) is 5.02 Å². The molecule has 112 valence electrons. The van der Waals surface area contributed by atoms with Gasteiger partial charge < -0.3 is 5.73 Å². The molecule has 22 heavy (non-hydrogen) atoms. The van der Waals surface area contributed by atoms with Crippen molar-refractivity contribution in [3.05, 3.63) is 69.1 Å². The van der Waals surface area contributed by atoms with E-state index in [0.717, 1.165) is 16.8 Å². The Balaban J connectivity index is 1.92. The molecule has 1 aromatic heterocycles. The van der Waals surface area contributed by atoms with Crippen molar-refractivity contribution in [3.8, 4) is 5.69 Å². The number of aromatic nitrogens is 4. The van der Waals surface area contributed by atoms with Gasteiger partial charge in [0.05, 0.1) is 12.2 Å². The number of nitrogens with zero attached hydrogens (tertiary/aromatic N) is 4. The van der Waals surface area contributed by atoms with Crippen LogP contribution < -0.4 is 11.4 Å². The molecule has 0 spiro atoms. The van der Waals surface area contributed by atoms with Crippen molar-refractivity contribution >= 4 is 17.3 Å². The Morgan fingerprint density at radius 1 is 1.14 bits per heavy atom. The highest BCUT2D eigenvalue weighted by Gasteiger charge is 2.09. The number of tetrazole rings is 1. The monoisotopic (exact) mass is 315 g/mol. The first kappa shape index (κ1) is 14.3. The number of hydrogen-bond donors (Lipinski definition) is 1. The van der Waals surface area contributed by atoms with Crippen molar-refractivity contribution in [3.63, 3.8) is 0 Å². The summed E-state index contributed by atoms with van der Waals surface area (Å²) in [7, 11) is 0. The fraction of sp³-hybridized carbons (Fsp3) is 0.133. The normalized spacial score (nSPS) is 10.8. The maximum absolute atomic E-state index is 12.4. The van der Waals surface area contributed by atoms with Crippen molar-refractivity contribution < 1.29 is 0 Å². The Morgan fingerprint density at radius 2 is 1.86 bits per heavy atom. The topological polar surface area (TPSA) is 78.7 Å². The van der Waals surface area contributed by atoms with Gasteiger partial charge in [-0.3, -0.25) is 0 Å². The van der Waals surface area contributed by atoms with Gasteiger partial charge in [0.25, 0.3) is 0 Å². The number of anilines is 1. The van der Waals surface area contributed by atoms with Gasteiger partial charge >= 0.3 is 5.69 Å². The summed E-state index contributed by atoms with van der Waals surface area (Å²) in [5.74, 6) is 0. The molecule has 0 atom stereocenters. The maximum atomic E-state index is 12.4.